The van der Waals surface area contributed by atoms with Gasteiger partial charge in [-0.05, 0) is 55.5 Å². The van der Waals surface area contributed by atoms with Crippen molar-refractivity contribution in [2.75, 3.05) is 35.0 Å². The molecule has 2 N–H and O–H groups in total. The lowest BCUT2D eigenvalue weighted by Crippen LogP contribution is -2.38. The van der Waals surface area contributed by atoms with Gasteiger partial charge in [0.1, 0.15) is 0 Å². The van der Waals surface area contributed by atoms with Crippen LogP contribution < -0.4 is 29.6 Å². The summed E-state index contributed by atoms with van der Waals surface area (Å²) in [4.78, 5) is 4.28. The smallest absolute Gasteiger partial charge is 0.203 e. The standard InChI is InChI=1S/C24H32FN3O4.HI/c1-15(17-8-10-20(19(25)12-17)32-14-16-6-7-16)28-24(26-2)27-13-18-9-11-21(29-3)23(31-5)22(18)30-4;/h8-12,15-16H,6-7,13-14H2,1-5H3,(H2,26,27,28);1H. The summed E-state index contributed by atoms with van der Waals surface area (Å²) < 4.78 is 36.3. The van der Waals surface area contributed by atoms with Crippen molar-refractivity contribution in [3.05, 3.63) is 47.3 Å². The minimum atomic E-state index is -0.352. The van der Waals surface area contributed by atoms with E-state index >= 15 is 0 Å². The number of guanidine groups is 1. The summed E-state index contributed by atoms with van der Waals surface area (Å²) in [5.74, 6) is 2.82. The third-order valence-electron chi connectivity index (χ3n) is 5.44. The fourth-order valence-electron chi connectivity index (χ4n) is 3.36. The van der Waals surface area contributed by atoms with Gasteiger partial charge in [-0.2, -0.15) is 0 Å². The third-order valence-corrected chi connectivity index (χ3v) is 5.44. The van der Waals surface area contributed by atoms with Gasteiger partial charge in [-0.3, -0.25) is 4.99 Å². The van der Waals surface area contributed by atoms with Gasteiger partial charge in [0.2, 0.25) is 5.75 Å². The number of methoxy groups -OCH3 is 3. The minimum absolute atomic E-state index is 0. The van der Waals surface area contributed by atoms with Crippen molar-refractivity contribution in [1.82, 2.24) is 10.6 Å². The van der Waals surface area contributed by atoms with E-state index in [-0.39, 0.29) is 35.8 Å². The van der Waals surface area contributed by atoms with Crippen LogP contribution >= 0.6 is 24.0 Å². The van der Waals surface area contributed by atoms with Crippen molar-refractivity contribution in [1.29, 1.82) is 0 Å². The Bertz CT molecular complexity index is 954. The lowest BCUT2D eigenvalue weighted by atomic mass is 10.1. The van der Waals surface area contributed by atoms with Gasteiger partial charge in [0.05, 0.1) is 34.0 Å². The van der Waals surface area contributed by atoms with Crippen molar-refractivity contribution in [2.45, 2.75) is 32.4 Å². The molecule has 0 heterocycles. The maximum atomic E-state index is 14.5. The molecule has 0 aliphatic heterocycles. The molecule has 1 aliphatic rings. The molecule has 2 aromatic rings. The average Bonchev–Trinajstić information content (AvgIpc) is 3.64. The van der Waals surface area contributed by atoms with Crippen LogP contribution in [0.5, 0.6) is 23.0 Å². The number of nitrogens with one attached hydrogen (secondary N) is 2. The quantitative estimate of drug-likeness (QED) is 0.244. The van der Waals surface area contributed by atoms with E-state index in [4.69, 9.17) is 18.9 Å². The molecule has 2 aromatic carbocycles. The highest BCUT2D eigenvalue weighted by Crippen LogP contribution is 2.39. The molecule has 0 bridgehead atoms. The van der Waals surface area contributed by atoms with Crippen molar-refractivity contribution in [3.8, 4) is 23.0 Å². The Morgan fingerprint density at radius 2 is 1.76 bits per heavy atom. The molecule has 1 unspecified atom stereocenters. The summed E-state index contributed by atoms with van der Waals surface area (Å²) in [6.07, 6.45) is 2.34. The Hall–Kier alpha value is -2.43. The van der Waals surface area contributed by atoms with Crippen LogP contribution in [0.2, 0.25) is 0 Å². The van der Waals surface area contributed by atoms with Crippen LogP contribution in [-0.4, -0.2) is 40.9 Å². The van der Waals surface area contributed by atoms with E-state index in [1.807, 2.05) is 25.1 Å². The second-order valence-corrected chi connectivity index (χ2v) is 7.73. The number of aliphatic imine (C=N–C) groups is 1. The van der Waals surface area contributed by atoms with E-state index in [0.717, 1.165) is 11.1 Å². The zero-order chi connectivity index (χ0) is 23.1. The van der Waals surface area contributed by atoms with Gasteiger partial charge in [0, 0.05) is 19.2 Å². The second-order valence-electron chi connectivity index (χ2n) is 7.73. The highest BCUT2D eigenvalue weighted by molar-refractivity contribution is 14.0. The number of halogens is 2. The number of hydrogen-bond acceptors (Lipinski definition) is 5. The molecule has 0 aromatic heterocycles. The van der Waals surface area contributed by atoms with E-state index in [9.17, 15) is 4.39 Å². The summed E-state index contributed by atoms with van der Waals surface area (Å²) in [5, 5.41) is 6.54. The largest absolute Gasteiger partial charge is 0.493 e. The molecular formula is C24H33FIN3O4. The summed E-state index contributed by atoms with van der Waals surface area (Å²) in [5.41, 5.74) is 1.68. The Morgan fingerprint density at radius 1 is 1.06 bits per heavy atom. The zero-order valence-corrected chi connectivity index (χ0v) is 22.1. The molecular weight excluding hydrogens is 540 g/mol. The first-order valence-electron chi connectivity index (χ1n) is 10.7. The number of hydrogen-bond donors (Lipinski definition) is 2. The van der Waals surface area contributed by atoms with Gasteiger partial charge in [-0.1, -0.05) is 6.07 Å². The van der Waals surface area contributed by atoms with Crippen molar-refractivity contribution < 1.29 is 23.3 Å². The molecule has 1 aliphatic carbocycles. The van der Waals surface area contributed by atoms with Gasteiger partial charge in [-0.15, -0.1) is 24.0 Å². The predicted octanol–water partition coefficient (Wildman–Crippen LogP) is 4.68. The monoisotopic (exact) mass is 573 g/mol. The molecule has 3 rings (SSSR count). The molecule has 9 heteroatoms. The molecule has 0 spiro atoms. The Kier molecular flexibility index (Phi) is 10.3. The first kappa shape index (κ1) is 26.8. The molecule has 1 atom stereocenters. The van der Waals surface area contributed by atoms with Crippen LogP contribution in [-0.2, 0) is 6.54 Å². The summed E-state index contributed by atoms with van der Waals surface area (Å²) in [6.45, 7) is 2.97. The maximum Gasteiger partial charge on any atom is 0.203 e. The first-order valence-corrected chi connectivity index (χ1v) is 10.7. The molecule has 0 amide bonds. The van der Waals surface area contributed by atoms with E-state index in [1.165, 1.54) is 18.9 Å². The SMILES string of the molecule is CN=C(NCc1ccc(OC)c(OC)c1OC)NC(C)c1ccc(OCC2CC2)c(F)c1.I. The lowest BCUT2D eigenvalue weighted by Gasteiger charge is -2.20. The zero-order valence-electron chi connectivity index (χ0n) is 19.7. The van der Waals surface area contributed by atoms with Crippen LogP contribution in [0.25, 0.3) is 0 Å². The second kappa shape index (κ2) is 12.7. The first-order chi connectivity index (χ1) is 15.5. The molecule has 0 radical (unpaired) electrons. The number of benzene rings is 2. The molecule has 1 fully saturated rings. The van der Waals surface area contributed by atoms with Crippen LogP contribution in [0.3, 0.4) is 0 Å². The van der Waals surface area contributed by atoms with Crippen molar-refractivity contribution >= 4 is 29.9 Å². The summed E-state index contributed by atoms with van der Waals surface area (Å²) >= 11 is 0. The molecule has 1 saturated carbocycles. The fourth-order valence-corrected chi connectivity index (χ4v) is 3.36. The van der Waals surface area contributed by atoms with Crippen LogP contribution in [0.4, 0.5) is 4.39 Å². The van der Waals surface area contributed by atoms with Gasteiger partial charge in [0.15, 0.2) is 29.0 Å². The van der Waals surface area contributed by atoms with E-state index in [0.29, 0.717) is 48.0 Å². The van der Waals surface area contributed by atoms with Crippen LogP contribution in [0.1, 0.15) is 36.9 Å². The predicted molar refractivity (Wildman–Crippen MR) is 138 cm³/mol. The van der Waals surface area contributed by atoms with Crippen molar-refractivity contribution in [2.24, 2.45) is 10.9 Å². The summed E-state index contributed by atoms with van der Waals surface area (Å²) in [6, 6.07) is 8.63. The van der Waals surface area contributed by atoms with Crippen LogP contribution in [0, 0.1) is 11.7 Å². The molecule has 182 valence electrons. The van der Waals surface area contributed by atoms with Gasteiger partial charge >= 0.3 is 0 Å². The summed E-state index contributed by atoms with van der Waals surface area (Å²) in [7, 11) is 6.42. The Morgan fingerprint density at radius 3 is 2.33 bits per heavy atom. The van der Waals surface area contributed by atoms with E-state index in [1.54, 1.807) is 34.4 Å². The van der Waals surface area contributed by atoms with Gasteiger partial charge in [-0.25, -0.2) is 4.39 Å². The number of ether oxygens (including phenoxy) is 4. The van der Waals surface area contributed by atoms with E-state index in [2.05, 4.69) is 15.6 Å². The minimum Gasteiger partial charge on any atom is -0.493 e. The average molecular weight is 573 g/mol. The molecule has 0 saturated heterocycles. The number of rotatable bonds is 10. The van der Waals surface area contributed by atoms with E-state index < -0.39 is 0 Å². The third kappa shape index (κ3) is 7.02. The fraction of sp³-hybridized carbons (Fsp3) is 0.458. The molecule has 7 nitrogen and oxygen atoms in total. The normalized spacial score (nSPS) is 14.1. The Balaban J connectivity index is 0.00000385. The van der Waals surface area contributed by atoms with Gasteiger partial charge in [0.25, 0.3) is 0 Å². The maximum absolute atomic E-state index is 14.5. The lowest BCUT2D eigenvalue weighted by molar-refractivity contribution is 0.285. The Labute approximate surface area is 212 Å². The van der Waals surface area contributed by atoms with Crippen LogP contribution in [0.15, 0.2) is 35.3 Å². The highest BCUT2D eigenvalue weighted by Gasteiger charge is 2.23. The number of nitrogens with zero attached hydrogens (tertiary/aromatic N) is 1. The van der Waals surface area contributed by atoms with Crippen molar-refractivity contribution in [3.63, 3.8) is 0 Å². The highest BCUT2D eigenvalue weighted by atomic mass is 127. The molecule has 33 heavy (non-hydrogen) atoms. The van der Waals surface area contributed by atoms with Gasteiger partial charge < -0.3 is 29.6 Å². The topological polar surface area (TPSA) is 73.3 Å².